The molecule has 9 heteroatoms. The van der Waals surface area contributed by atoms with Crippen LogP contribution in [0.15, 0.2) is 0 Å². The molecule has 0 aromatic carbocycles. The molecule has 0 saturated carbocycles. The van der Waals surface area contributed by atoms with Crippen molar-refractivity contribution in [1.29, 1.82) is 0 Å². The van der Waals surface area contributed by atoms with Crippen LogP contribution < -0.4 is 9.79 Å². The molecule has 0 bridgehead atoms. The summed E-state index contributed by atoms with van der Waals surface area (Å²) in [7, 11) is -5.23. The van der Waals surface area contributed by atoms with Crippen LogP contribution in [0.4, 0.5) is 0 Å². The first-order valence-corrected chi connectivity index (χ1v) is 8.28. The Kier molecular flexibility index (Phi) is 27.0. The van der Waals surface area contributed by atoms with E-state index in [-0.39, 0.29) is 17.1 Å². The molecule has 2 atom stereocenters. The fourth-order valence-corrected chi connectivity index (χ4v) is 1.54. The van der Waals surface area contributed by atoms with Crippen LogP contribution in [-0.4, -0.2) is 13.2 Å². The van der Waals surface area contributed by atoms with E-state index >= 15 is 0 Å². The number of hydrogen-bond donors (Lipinski definition) is 0. The van der Waals surface area contributed by atoms with Crippen molar-refractivity contribution in [1.82, 2.24) is 0 Å². The minimum atomic E-state index is -2.62. The minimum absolute atomic E-state index is 0. The zero-order valence-electron chi connectivity index (χ0n) is 11.4. The molecular weight excluding hydrogens is 334 g/mol. The molecule has 6 nitrogen and oxygen atoms in total. The summed E-state index contributed by atoms with van der Waals surface area (Å²) >= 11 is 0. The molecule has 0 aliphatic heterocycles. The summed E-state index contributed by atoms with van der Waals surface area (Å²) in [5.74, 6) is 0. The number of unbranched alkanes of at least 4 members (excludes halogenated alkanes) is 4. The van der Waals surface area contributed by atoms with Gasteiger partial charge in [-0.15, -0.1) is 9.05 Å². The second-order valence-electron chi connectivity index (χ2n) is 3.53. The van der Waals surface area contributed by atoms with Gasteiger partial charge < -0.3 is 9.79 Å². The predicted molar refractivity (Wildman–Crippen MR) is 66.2 cm³/mol. The maximum Gasteiger partial charge on any atom is 2.00 e. The molecule has 0 spiro atoms. The third kappa shape index (κ3) is 32.3. The number of rotatable bonds is 10. The average Bonchev–Trinajstić information content (AvgIpc) is 2.31. The van der Waals surface area contributed by atoms with E-state index in [1.165, 1.54) is 0 Å². The molecule has 0 fully saturated rings. The molecule has 0 amide bonds. The fourth-order valence-electron chi connectivity index (χ4n) is 0.982. The van der Waals surface area contributed by atoms with Gasteiger partial charge >= 0.3 is 33.6 Å². The Bertz CT molecular complexity index is 196. The normalized spacial score (nSPS) is 10.9. The van der Waals surface area contributed by atoms with Gasteiger partial charge in [-0.1, -0.05) is 39.5 Å². The molecule has 2 unspecified atom stereocenters. The van der Waals surface area contributed by atoms with Crippen LogP contribution in [0.1, 0.15) is 52.4 Å². The monoisotopic (exact) mass is 356 g/mol. The van der Waals surface area contributed by atoms with Crippen LogP contribution in [-0.2, 0) is 35.2 Å². The van der Waals surface area contributed by atoms with E-state index in [2.05, 4.69) is 22.9 Å². The molecule has 0 saturated heterocycles. The van der Waals surface area contributed by atoms with Gasteiger partial charge in [0.15, 0.2) is 0 Å². The van der Waals surface area contributed by atoms with Gasteiger partial charge in [0.1, 0.15) is 13.2 Å². The summed E-state index contributed by atoms with van der Waals surface area (Å²) in [4.78, 5) is 19.6. The van der Waals surface area contributed by atoms with Crippen LogP contribution in [0.5, 0.6) is 0 Å². The van der Waals surface area contributed by atoms with Gasteiger partial charge in [0.05, 0.1) is 0 Å². The Labute approximate surface area is 127 Å². The SMILES string of the molecule is CCCCCO[P+](=O)[O-].CCCCCO[P+](=O)[O-].[Fe+2]. The summed E-state index contributed by atoms with van der Waals surface area (Å²) in [6, 6.07) is 0. The topological polar surface area (TPSA) is 98.7 Å². The van der Waals surface area contributed by atoms with E-state index in [0.29, 0.717) is 13.2 Å². The zero-order valence-corrected chi connectivity index (χ0v) is 14.2. The molecule has 0 aromatic heterocycles. The van der Waals surface area contributed by atoms with Gasteiger partial charge in [-0.2, -0.15) is 0 Å². The van der Waals surface area contributed by atoms with Crippen LogP contribution in [0, 0.1) is 0 Å². The molecule has 19 heavy (non-hydrogen) atoms. The first-order valence-electron chi connectivity index (χ1n) is 6.09. The van der Waals surface area contributed by atoms with E-state index in [9.17, 15) is 18.9 Å². The van der Waals surface area contributed by atoms with Crippen molar-refractivity contribution in [2.75, 3.05) is 13.2 Å². The summed E-state index contributed by atoms with van der Waals surface area (Å²) < 4.78 is 28.1. The summed E-state index contributed by atoms with van der Waals surface area (Å²) in [6.07, 6.45) is 5.89. The molecular formula is C10H22FeO6P2+2. The average molecular weight is 356 g/mol. The van der Waals surface area contributed by atoms with Crippen LogP contribution in [0.3, 0.4) is 0 Å². The van der Waals surface area contributed by atoms with Crippen molar-refractivity contribution in [3.63, 3.8) is 0 Å². The van der Waals surface area contributed by atoms with Gasteiger partial charge in [-0.3, -0.25) is 0 Å². The molecule has 0 radical (unpaired) electrons. The predicted octanol–water partition coefficient (Wildman–Crippen LogP) is 2.42. The van der Waals surface area contributed by atoms with Crippen molar-refractivity contribution in [3.05, 3.63) is 0 Å². The van der Waals surface area contributed by atoms with E-state index in [1.807, 2.05) is 0 Å². The van der Waals surface area contributed by atoms with Gasteiger partial charge in [0.25, 0.3) is 0 Å². The van der Waals surface area contributed by atoms with E-state index < -0.39 is 16.5 Å². The first-order chi connectivity index (χ1) is 8.54. The summed E-state index contributed by atoms with van der Waals surface area (Å²) in [5.41, 5.74) is 0. The van der Waals surface area contributed by atoms with Crippen molar-refractivity contribution in [2.24, 2.45) is 0 Å². The summed E-state index contributed by atoms with van der Waals surface area (Å²) in [6.45, 7) is 4.79. The minimum Gasteiger partial charge on any atom is -0.566 e. The first kappa shape index (κ1) is 24.6. The Morgan fingerprint density at radius 1 is 0.789 bits per heavy atom. The van der Waals surface area contributed by atoms with E-state index in [1.54, 1.807) is 0 Å². The molecule has 0 aliphatic carbocycles. The third-order valence-corrected chi connectivity index (χ3v) is 2.68. The zero-order chi connectivity index (χ0) is 14.2. The maximum absolute atomic E-state index is 9.78. The molecule has 0 heterocycles. The molecule has 0 rings (SSSR count). The Morgan fingerprint density at radius 3 is 1.32 bits per heavy atom. The van der Waals surface area contributed by atoms with Gasteiger partial charge in [-0.25, -0.2) is 0 Å². The fraction of sp³-hybridized carbons (Fsp3) is 1.00. The van der Waals surface area contributed by atoms with Crippen molar-refractivity contribution < 1.29 is 45.0 Å². The largest absolute Gasteiger partial charge is 2.00 e. The summed E-state index contributed by atoms with van der Waals surface area (Å²) in [5, 5.41) is 0. The van der Waals surface area contributed by atoms with E-state index in [4.69, 9.17) is 0 Å². The standard InChI is InChI=1S/2C5H11O3P.Fe/c2*1-2-3-4-5-8-9(6)7;/h2*2-5H2,1H3;/q;;+2. The van der Waals surface area contributed by atoms with Crippen LogP contribution >= 0.6 is 16.5 Å². The van der Waals surface area contributed by atoms with Gasteiger partial charge in [0, 0.05) is 0 Å². The molecule has 0 N–H and O–H groups in total. The maximum atomic E-state index is 9.78. The molecule has 114 valence electrons. The van der Waals surface area contributed by atoms with Crippen LogP contribution in [0.2, 0.25) is 0 Å². The van der Waals surface area contributed by atoms with Crippen LogP contribution in [0.25, 0.3) is 0 Å². The Balaban J connectivity index is -0.000000256. The second kappa shape index (κ2) is 20.9. The van der Waals surface area contributed by atoms with Crippen molar-refractivity contribution >= 4 is 16.5 Å². The quantitative estimate of drug-likeness (QED) is 0.339. The van der Waals surface area contributed by atoms with Gasteiger partial charge in [-0.05, 0) is 22.0 Å². The molecule has 0 aliphatic rings. The van der Waals surface area contributed by atoms with E-state index in [0.717, 1.165) is 38.5 Å². The van der Waals surface area contributed by atoms with Crippen molar-refractivity contribution in [2.45, 2.75) is 52.4 Å². The van der Waals surface area contributed by atoms with Gasteiger partial charge in [0.2, 0.25) is 0 Å². The van der Waals surface area contributed by atoms with Crippen molar-refractivity contribution in [3.8, 4) is 0 Å². The molecule has 0 aromatic rings. The Hall–Kier alpha value is 0.559. The Morgan fingerprint density at radius 2 is 1.11 bits per heavy atom. The second-order valence-corrected chi connectivity index (χ2v) is 4.94. The smallest absolute Gasteiger partial charge is 0.566 e. The third-order valence-electron chi connectivity index (χ3n) is 1.89. The number of hydrogen-bond acceptors (Lipinski definition) is 6.